The highest BCUT2D eigenvalue weighted by Gasteiger charge is 2.02. The maximum Gasteiger partial charge on any atom is 0.186 e. The van der Waals surface area contributed by atoms with Crippen molar-refractivity contribution >= 4 is 34.6 Å². The Morgan fingerprint density at radius 1 is 0.645 bits per heavy atom. The summed E-state index contributed by atoms with van der Waals surface area (Å²) < 4.78 is 0. The molecule has 0 aliphatic rings. The van der Waals surface area contributed by atoms with Crippen LogP contribution in [0.5, 0.6) is 0 Å². The molecule has 0 fully saturated rings. The minimum atomic E-state index is -0.139. The first-order valence-electron chi connectivity index (χ1n) is 9.29. The predicted octanol–water partition coefficient (Wildman–Crippen LogP) is 2.08. The number of carbonyl (C=O) groups excluding carboxylic acids is 2. The Morgan fingerprint density at radius 2 is 0.871 bits per heavy atom. The molecule has 31 heavy (non-hydrogen) atoms. The van der Waals surface area contributed by atoms with E-state index in [-0.39, 0.29) is 43.3 Å². The van der Waals surface area contributed by atoms with Crippen molar-refractivity contribution in [3.05, 3.63) is 69.8 Å². The Kier molecular flexibility index (Phi) is 16.0. The summed E-state index contributed by atoms with van der Waals surface area (Å²) in [4.78, 5) is 20.1. The fourth-order valence-corrected chi connectivity index (χ4v) is 2.94. The first kappa shape index (κ1) is 29.3. The third kappa shape index (κ3) is 14.1. The third-order valence-electron chi connectivity index (χ3n) is 3.58. The van der Waals surface area contributed by atoms with Crippen LogP contribution in [-0.2, 0) is 48.4 Å². The van der Waals surface area contributed by atoms with Crippen LogP contribution < -0.4 is 0 Å². The van der Waals surface area contributed by atoms with E-state index in [9.17, 15) is 9.59 Å². The van der Waals surface area contributed by atoms with E-state index in [4.69, 9.17) is 25.5 Å². The zero-order valence-corrected chi connectivity index (χ0v) is 19.3. The molecule has 0 unspecified atom stereocenters. The number of aliphatic hydroxyl groups is 5. The minimum Gasteiger partial charge on any atom is -0.392 e. The monoisotopic (exact) mass is 470 g/mol. The second-order valence-corrected chi connectivity index (χ2v) is 8.19. The van der Waals surface area contributed by atoms with Gasteiger partial charge in [0.05, 0.1) is 33.0 Å². The summed E-state index contributed by atoms with van der Waals surface area (Å²) in [5.41, 5.74) is 4.62. The number of benzene rings is 2. The molecule has 0 heterocycles. The van der Waals surface area contributed by atoms with Crippen LogP contribution in [0.3, 0.4) is 0 Å². The molecule has 0 bridgehead atoms. The average molecular weight is 471 g/mol. The van der Waals surface area contributed by atoms with E-state index < -0.39 is 0 Å². The van der Waals surface area contributed by atoms with Crippen LogP contribution in [0.1, 0.15) is 47.2 Å². The van der Waals surface area contributed by atoms with Crippen LogP contribution in [0.25, 0.3) is 0 Å². The normalized spacial score (nSPS) is 9.81. The summed E-state index contributed by atoms with van der Waals surface area (Å²) in [6, 6.07) is 10.6. The van der Waals surface area contributed by atoms with Gasteiger partial charge in [-0.3, -0.25) is 9.59 Å². The second kappa shape index (κ2) is 16.9. The van der Waals surface area contributed by atoms with E-state index in [2.05, 4.69) is 12.6 Å². The SMILES string of the molecule is CC(=O)S.CC(=O)SCc1cc(CO)cc(CO)c1.OCc1cc(CO)cc(CO)c1. The zero-order chi connectivity index (χ0) is 23.8. The molecule has 0 atom stereocenters. The number of hydrogen-bond donors (Lipinski definition) is 6. The van der Waals surface area contributed by atoms with Crippen molar-refractivity contribution < 1.29 is 35.1 Å². The van der Waals surface area contributed by atoms with Crippen molar-refractivity contribution in [1.29, 1.82) is 0 Å². The summed E-state index contributed by atoms with van der Waals surface area (Å²) >= 11 is 4.55. The largest absolute Gasteiger partial charge is 0.392 e. The molecule has 7 nitrogen and oxygen atoms in total. The molecular formula is C22H30O7S2. The Morgan fingerprint density at radius 3 is 1.06 bits per heavy atom. The molecule has 0 amide bonds. The van der Waals surface area contributed by atoms with Crippen LogP contribution >= 0.6 is 24.4 Å². The standard InChI is InChI=1S/C11H14O3S.C9H12O3.C2H4OS/c1-8(14)15-7-11-3-9(5-12)2-10(4-11)6-13;10-4-7-1-8(5-11)3-9(2-7)6-12;1-2(3)4/h2-4,12-13H,5-7H2,1H3;1-3,10-12H,4-6H2;1H3,(H,3,4). The number of aliphatic hydroxyl groups excluding tert-OH is 5. The Labute approximate surface area is 192 Å². The second-order valence-electron chi connectivity index (χ2n) is 6.41. The van der Waals surface area contributed by atoms with E-state index in [1.165, 1.54) is 25.6 Å². The maximum atomic E-state index is 10.8. The van der Waals surface area contributed by atoms with Gasteiger partial charge in [0.2, 0.25) is 0 Å². The zero-order valence-electron chi connectivity index (χ0n) is 17.6. The van der Waals surface area contributed by atoms with Crippen molar-refractivity contribution in [2.75, 3.05) is 0 Å². The minimum absolute atomic E-state index is 0.0500. The summed E-state index contributed by atoms with van der Waals surface area (Å²) in [5.74, 6) is 0.580. The molecule has 9 heteroatoms. The topological polar surface area (TPSA) is 135 Å². The lowest BCUT2D eigenvalue weighted by Crippen LogP contribution is -1.94. The van der Waals surface area contributed by atoms with Crippen LogP contribution in [0, 0.1) is 0 Å². The smallest absolute Gasteiger partial charge is 0.186 e. The van der Waals surface area contributed by atoms with Gasteiger partial charge >= 0.3 is 0 Å². The predicted molar refractivity (Wildman–Crippen MR) is 124 cm³/mol. The molecule has 2 aromatic rings. The number of thioether (sulfide) groups is 1. The van der Waals surface area contributed by atoms with Gasteiger partial charge in [-0.2, -0.15) is 0 Å². The van der Waals surface area contributed by atoms with Gasteiger partial charge in [0.1, 0.15) is 0 Å². The number of rotatable bonds is 7. The lowest BCUT2D eigenvalue weighted by Gasteiger charge is -2.05. The van der Waals surface area contributed by atoms with E-state index in [1.54, 1.807) is 24.3 Å². The first-order valence-corrected chi connectivity index (χ1v) is 10.7. The molecular weight excluding hydrogens is 440 g/mol. The number of hydrogen-bond acceptors (Lipinski definition) is 8. The molecule has 0 radical (unpaired) electrons. The average Bonchev–Trinajstić information content (AvgIpc) is 2.76. The van der Waals surface area contributed by atoms with Gasteiger partial charge in [-0.15, -0.1) is 12.6 Å². The van der Waals surface area contributed by atoms with Crippen molar-refractivity contribution in [3.63, 3.8) is 0 Å². The van der Waals surface area contributed by atoms with Gasteiger partial charge < -0.3 is 25.5 Å². The summed E-state index contributed by atoms with van der Waals surface area (Å²) in [5, 5.41) is 44.4. The highest BCUT2D eigenvalue weighted by molar-refractivity contribution is 8.12. The molecule has 2 rings (SSSR count). The van der Waals surface area contributed by atoms with Crippen molar-refractivity contribution in [2.45, 2.75) is 52.6 Å². The highest BCUT2D eigenvalue weighted by Crippen LogP contribution is 2.17. The van der Waals surface area contributed by atoms with Gasteiger partial charge in [0, 0.05) is 19.6 Å². The summed E-state index contributed by atoms with van der Waals surface area (Å²) in [7, 11) is 0. The van der Waals surface area contributed by atoms with Gasteiger partial charge in [0.25, 0.3) is 0 Å². The molecule has 0 saturated heterocycles. The molecule has 0 spiro atoms. The molecule has 5 N–H and O–H groups in total. The van der Waals surface area contributed by atoms with E-state index in [0.29, 0.717) is 22.4 Å². The van der Waals surface area contributed by atoms with Gasteiger partial charge in [-0.05, 0) is 33.4 Å². The number of carbonyl (C=O) groups is 2. The fraction of sp³-hybridized carbons (Fsp3) is 0.364. The Balaban J connectivity index is 0.000000504. The summed E-state index contributed by atoms with van der Waals surface area (Å²) in [6.07, 6.45) is 0. The Bertz CT molecular complexity index is 744. The third-order valence-corrected chi connectivity index (χ3v) is 4.46. The lowest BCUT2D eigenvalue weighted by atomic mass is 10.1. The van der Waals surface area contributed by atoms with Gasteiger partial charge in [-0.25, -0.2) is 0 Å². The summed E-state index contributed by atoms with van der Waals surface area (Å²) in [6.45, 7) is 2.61. The number of thiol groups is 1. The van der Waals surface area contributed by atoms with E-state index >= 15 is 0 Å². The van der Waals surface area contributed by atoms with Gasteiger partial charge in [0.15, 0.2) is 10.2 Å². The van der Waals surface area contributed by atoms with Crippen molar-refractivity contribution in [1.82, 2.24) is 0 Å². The maximum absolute atomic E-state index is 10.8. The fourth-order valence-electron chi connectivity index (χ4n) is 2.40. The van der Waals surface area contributed by atoms with Gasteiger partial charge in [-0.1, -0.05) is 48.2 Å². The lowest BCUT2D eigenvalue weighted by molar-refractivity contribution is -0.109. The van der Waals surface area contributed by atoms with Crippen molar-refractivity contribution in [3.8, 4) is 0 Å². The molecule has 0 aliphatic carbocycles. The van der Waals surface area contributed by atoms with Crippen LogP contribution in [0.15, 0.2) is 36.4 Å². The van der Waals surface area contributed by atoms with Crippen LogP contribution in [0.2, 0.25) is 0 Å². The molecule has 172 valence electrons. The molecule has 0 aliphatic heterocycles. The van der Waals surface area contributed by atoms with Crippen LogP contribution in [0.4, 0.5) is 0 Å². The molecule has 2 aromatic carbocycles. The van der Waals surface area contributed by atoms with Crippen molar-refractivity contribution in [2.24, 2.45) is 0 Å². The molecule has 0 saturated carbocycles. The molecule has 0 aromatic heterocycles. The van der Waals surface area contributed by atoms with Crippen LogP contribution in [-0.4, -0.2) is 35.8 Å². The quantitative estimate of drug-likeness (QED) is 0.339. The highest BCUT2D eigenvalue weighted by atomic mass is 32.2. The Hall–Kier alpha value is -1.72. The van der Waals surface area contributed by atoms with E-state index in [0.717, 1.165) is 16.7 Å². The first-order chi connectivity index (χ1) is 14.7. The van der Waals surface area contributed by atoms with E-state index in [1.807, 2.05) is 12.1 Å².